The molecule has 1 atom stereocenters. The van der Waals surface area contributed by atoms with E-state index in [0.717, 1.165) is 16.7 Å². The van der Waals surface area contributed by atoms with E-state index >= 15 is 0 Å². The lowest BCUT2D eigenvalue weighted by Gasteiger charge is -2.30. The lowest BCUT2D eigenvalue weighted by molar-refractivity contribution is -0.139. The molecule has 0 radical (unpaired) electrons. The second-order valence-electron chi connectivity index (χ2n) is 7.47. The first kappa shape index (κ1) is 22.2. The topological polar surface area (TPSA) is 58.6 Å². The third kappa shape index (κ3) is 6.79. The summed E-state index contributed by atoms with van der Waals surface area (Å²) in [6, 6.07) is 27.1. The SMILES string of the molecule is CC(=O)Nc1cccc(C(C)N(Cc2ccccc2)C(=O)COCc2ccccc2)c1. The molecule has 0 heterocycles. The van der Waals surface area contributed by atoms with Crippen LogP contribution in [0.4, 0.5) is 5.69 Å². The molecular weight excluding hydrogens is 388 g/mol. The molecule has 0 bridgehead atoms. The van der Waals surface area contributed by atoms with Gasteiger partial charge in [0.2, 0.25) is 11.8 Å². The summed E-state index contributed by atoms with van der Waals surface area (Å²) in [5.74, 6) is -0.214. The number of carbonyl (C=O) groups is 2. The molecule has 31 heavy (non-hydrogen) atoms. The maximum Gasteiger partial charge on any atom is 0.249 e. The van der Waals surface area contributed by atoms with Gasteiger partial charge in [-0.05, 0) is 35.7 Å². The number of ether oxygens (including phenoxy) is 1. The number of amides is 2. The van der Waals surface area contributed by atoms with Crippen LogP contribution in [0.15, 0.2) is 84.9 Å². The molecule has 0 aliphatic rings. The second kappa shape index (κ2) is 11.1. The monoisotopic (exact) mass is 416 g/mol. The predicted octanol–water partition coefficient (Wildman–Crippen LogP) is 4.95. The minimum Gasteiger partial charge on any atom is -0.367 e. The van der Waals surface area contributed by atoms with Crippen LogP contribution in [0, 0.1) is 0 Å². The Bertz CT molecular complexity index is 990. The van der Waals surface area contributed by atoms with Crippen molar-refractivity contribution in [1.82, 2.24) is 4.90 Å². The molecule has 0 aromatic heterocycles. The van der Waals surface area contributed by atoms with Crippen molar-refractivity contribution in [3.8, 4) is 0 Å². The van der Waals surface area contributed by atoms with Gasteiger partial charge in [0.25, 0.3) is 0 Å². The van der Waals surface area contributed by atoms with E-state index in [9.17, 15) is 9.59 Å². The molecular formula is C26H28N2O3. The normalized spacial score (nSPS) is 11.5. The van der Waals surface area contributed by atoms with E-state index < -0.39 is 0 Å². The Labute approximate surface area is 183 Å². The maximum absolute atomic E-state index is 13.1. The van der Waals surface area contributed by atoms with E-state index in [2.05, 4.69) is 5.32 Å². The number of benzene rings is 3. The average Bonchev–Trinajstić information content (AvgIpc) is 2.78. The highest BCUT2D eigenvalue weighted by molar-refractivity contribution is 5.88. The molecule has 1 N–H and O–H groups in total. The average molecular weight is 417 g/mol. The van der Waals surface area contributed by atoms with E-state index in [1.165, 1.54) is 6.92 Å². The van der Waals surface area contributed by atoms with E-state index in [1.807, 2.05) is 96.8 Å². The van der Waals surface area contributed by atoms with Crippen LogP contribution in [-0.4, -0.2) is 23.3 Å². The Balaban J connectivity index is 1.75. The Hall–Kier alpha value is -3.44. The van der Waals surface area contributed by atoms with Crippen LogP contribution in [0.1, 0.15) is 36.6 Å². The van der Waals surface area contributed by atoms with Crippen molar-refractivity contribution in [2.45, 2.75) is 33.0 Å². The summed E-state index contributed by atoms with van der Waals surface area (Å²) < 4.78 is 5.71. The summed E-state index contributed by atoms with van der Waals surface area (Å²) in [6.45, 7) is 4.33. The Kier molecular flexibility index (Phi) is 7.96. The largest absolute Gasteiger partial charge is 0.367 e. The van der Waals surface area contributed by atoms with Crippen LogP contribution in [0.2, 0.25) is 0 Å². The molecule has 5 nitrogen and oxygen atoms in total. The first-order valence-electron chi connectivity index (χ1n) is 10.4. The van der Waals surface area contributed by atoms with Crippen molar-refractivity contribution >= 4 is 17.5 Å². The summed E-state index contributed by atoms with van der Waals surface area (Å²) in [5, 5.41) is 2.80. The summed E-state index contributed by atoms with van der Waals surface area (Å²) in [4.78, 5) is 26.4. The highest BCUT2D eigenvalue weighted by Crippen LogP contribution is 2.25. The van der Waals surface area contributed by atoms with E-state index in [4.69, 9.17) is 4.74 Å². The molecule has 0 aliphatic carbocycles. The number of nitrogens with one attached hydrogen (secondary N) is 1. The molecule has 0 saturated carbocycles. The quantitative estimate of drug-likeness (QED) is 0.537. The van der Waals surface area contributed by atoms with E-state index in [-0.39, 0.29) is 24.5 Å². The van der Waals surface area contributed by atoms with Gasteiger partial charge in [-0.3, -0.25) is 9.59 Å². The summed E-state index contributed by atoms with van der Waals surface area (Å²) in [7, 11) is 0. The third-order valence-corrected chi connectivity index (χ3v) is 5.01. The van der Waals surface area contributed by atoms with E-state index in [0.29, 0.717) is 18.8 Å². The van der Waals surface area contributed by atoms with Crippen LogP contribution >= 0.6 is 0 Å². The molecule has 0 aliphatic heterocycles. The molecule has 3 rings (SSSR count). The smallest absolute Gasteiger partial charge is 0.249 e. The molecule has 0 fully saturated rings. The first-order chi connectivity index (χ1) is 15.0. The van der Waals surface area contributed by atoms with Crippen molar-refractivity contribution in [2.24, 2.45) is 0 Å². The molecule has 2 amide bonds. The van der Waals surface area contributed by atoms with Crippen molar-refractivity contribution in [1.29, 1.82) is 0 Å². The molecule has 5 heteroatoms. The van der Waals surface area contributed by atoms with Crippen LogP contribution in [0.3, 0.4) is 0 Å². The summed E-state index contributed by atoms with van der Waals surface area (Å²) in [5.41, 5.74) is 3.73. The zero-order chi connectivity index (χ0) is 22.1. The van der Waals surface area contributed by atoms with Gasteiger partial charge in [0.05, 0.1) is 12.6 Å². The highest BCUT2D eigenvalue weighted by atomic mass is 16.5. The van der Waals surface area contributed by atoms with Crippen molar-refractivity contribution < 1.29 is 14.3 Å². The fraction of sp³-hybridized carbons (Fsp3) is 0.231. The van der Waals surface area contributed by atoms with Gasteiger partial charge in [0.15, 0.2) is 0 Å². The number of hydrogen-bond donors (Lipinski definition) is 1. The van der Waals surface area contributed by atoms with Gasteiger partial charge in [0, 0.05) is 19.2 Å². The highest BCUT2D eigenvalue weighted by Gasteiger charge is 2.22. The van der Waals surface area contributed by atoms with Gasteiger partial charge >= 0.3 is 0 Å². The predicted molar refractivity (Wildman–Crippen MR) is 122 cm³/mol. The van der Waals surface area contributed by atoms with Crippen LogP contribution in [-0.2, 0) is 27.5 Å². The number of anilines is 1. The van der Waals surface area contributed by atoms with Crippen molar-refractivity contribution in [3.63, 3.8) is 0 Å². The van der Waals surface area contributed by atoms with Gasteiger partial charge in [-0.2, -0.15) is 0 Å². The van der Waals surface area contributed by atoms with Crippen LogP contribution in [0.25, 0.3) is 0 Å². The minimum absolute atomic E-state index is 0.00253. The summed E-state index contributed by atoms with van der Waals surface area (Å²) >= 11 is 0. The Morgan fingerprint density at radius 1 is 0.903 bits per heavy atom. The summed E-state index contributed by atoms with van der Waals surface area (Å²) in [6.07, 6.45) is 0. The van der Waals surface area contributed by atoms with Gasteiger partial charge in [-0.25, -0.2) is 0 Å². The lowest BCUT2D eigenvalue weighted by atomic mass is 10.0. The molecule has 1 unspecified atom stereocenters. The minimum atomic E-state index is -0.193. The van der Waals surface area contributed by atoms with Gasteiger partial charge in [-0.1, -0.05) is 72.8 Å². The molecule has 0 saturated heterocycles. The third-order valence-electron chi connectivity index (χ3n) is 5.01. The molecule has 3 aromatic rings. The van der Waals surface area contributed by atoms with Gasteiger partial charge in [0.1, 0.15) is 6.61 Å². The lowest BCUT2D eigenvalue weighted by Crippen LogP contribution is -2.35. The standard InChI is InChI=1S/C26H28N2O3/c1-20(24-14-9-15-25(16-24)27-21(2)29)28(17-22-10-5-3-6-11-22)26(30)19-31-18-23-12-7-4-8-13-23/h3-16,20H,17-19H2,1-2H3,(H,27,29). The molecule has 3 aromatic carbocycles. The molecule has 160 valence electrons. The van der Waals surface area contributed by atoms with Gasteiger partial charge < -0.3 is 15.0 Å². The fourth-order valence-corrected chi connectivity index (χ4v) is 3.39. The molecule has 0 spiro atoms. The maximum atomic E-state index is 13.1. The first-order valence-corrected chi connectivity index (χ1v) is 10.4. The number of nitrogens with zero attached hydrogens (tertiary/aromatic N) is 1. The van der Waals surface area contributed by atoms with Crippen LogP contribution < -0.4 is 5.32 Å². The Morgan fingerprint density at radius 2 is 1.55 bits per heavy atom. The van der Waals surface area contributed by atoms with Crippen molar-refractivity contribution in [3.05, 3.63) is 102 Å². The number of carbonyl (C=O) groups excluding carboxylic acids is 2. The zero-order valence-electron chi connectivity index (χ0n) is 18.0. The zero-order valence-corrected chi connectivity index (χ0v) is 18.0. The van der Waals surface area contributed by atoms with Gasteiger partial charge in [-0.15, -0.1) is 0 Å². The van der Waals surface area contributed by atoms with E-state index in [1.54, 1.807) is 0 Å². The second-order valence-corrected chi connectivity index (χ2v) is 7.47. The fourth-order valence-electron chi connectivity index (χ4n) is 3.39. The number of hydrogen-bond acceptors (Lipinski definition) is 3. The van der Waals surface area contributed by atoms with Crippen LogP contribution in [0.5, 0.6) is 0 Å². The Morgan fingerprint density at radius 3 is 2.19 bits per heavy atom. The van der Waals surface area contributed by atoms with Crippen molar-refractivity contribution in [2.75, 3.05) is 11.9 Å². The number of rotatable bonds is 9.